The number of rotatable bonds is 11. The van der Waals surface area contributed by atoms with Gasteiger partial charge in [0.05, 0.1) is 15.9 Å². The zero-order chi connectivity index (χ0) is 24.0. The van der Waals surface area contributed by atoms with Gasteiger partial charge in [-0.2, -0.15) is 0 Å². The van der Waals surface area contributed by atoms with Crippen LogP contribution in [0.3, 0.4) is 0 Å². The van der Waals surface area contributed by atoms with E-state index in [1.54, 1.807) is 36.4 Å². The highest BCUT2D eigenvalue weighted by Gasteiger charge is 2.20. The molecule has 0 saturated heterocycles. The van der Waals surface area contributed by atoms with Crippen LogP contribution in [0.5, 0.6) is 0 Å². The highest BCUT2D eigenvalue weighted by Crippen LogP contribution is 2.23. The van der Waals surface area contributed by atoms with Gasteiger partial charge < -0.3 is 9.88 Å². The van der Waals surface area contributed by atoms with Crippen LogP contribution in [-0.4, -0.2) is 48.8 Å². The molecule has 0 aliphatic heterocycles. The van der Waals surface area contributed by atoms with Crippen molar-refractivity contribution in [2.75, 3.05) is 20.6 Å². The van der Waals surface area contributed by atoms with Gasteiger partial charge in [-0.05, 0) is 42.7 Å². The Kier molecular flexibility index (Phi) is 8.20. The monoisotopic (exact) mass is 474 g/mol. The first-order valence-corrected chi connectivity index (χ1v) is 12.6. The number of unbranched alkanes of at least 4 members (excludes halogenated alkanes) is 1. The van der Waals surface area contributed by atoms with E-state index in [-0.39, 0.29) is 23.0 Å². The Labute approximate surface area is 194 Å². The highest BCUT2D eigenvalue weighted by atomic mass is 32.2. The average molecular weight is 475 g/mol. The quantitative estimate of drug-likeness (QED) is 0.461. The van der Waals surface area contributed by atoms with Gasteiger partial charge in [-0.3, -0.25) is 4.79 Å². The molecular formula is C24H31FN4O3S. The van der Waals surface area contributed by atoms with Gasteiger partial charge in [-0.25, -0.2) is 22.1 Å². The number of hydrogen-bond donors (Lipinski definition) is 1. The molecular weight excluding hydrogens is 443 g/mol. The fraction of sp³-hybridized carbons (Fsp3) is 0.417. The minimum Gasteiger partial charge on any atom is -0.356 e. The van der Waals surface area contributed by atoms with E-state index in [0.717, 1.165) is 30.7 Å². The number of imidazole rings is 1. The van der Waals surface area contributed by atoms with Crippen LogP contribution in [0.4, 0.5) is 4.39 Å². The third kappa shape index (κ3) is 5.97. The van der Waals surface area contributed by atoms with E-state index in [4.69, 9.17) is 0 Å². The van der Waals surface area contributed by atoms with Crippen LogP contribution in [-0.2, 0) is 34.2 Å². The van der Waals surface area contributed by atoms with Crippen molar-refractivity contribution in [3.63, 3.8) is 0 Å². The van der Waals surface area contributed by atoms with Crippen LogP contribution in [0.2, 0.25) is 0 Å². The summed E-state index contributed by atoms with van der Waals surface area (Å²) >= 11 is 0. The van der Waals surface area contributed by atoms with Gasteiger partial charge in [0.15, 0.2) is 0 Å². The van der Waals surface area contributed by atoms with Crippen molar-refractivity contribution in [3.05, 3.63) is 59.7 Å². The summed E-state index contributed by atoms with van der Waals surface area (Å²) in [7, 11) is -0.566. The second-order valence-electron chi connectivity index (χ2n) is 8.16. The number of carbonyl (C=O) groups excluding carboxylic acids is 1. The number of sulfonamides is 1. The molecule has 0 radical (unpaired) electrons. The molecule has 1 amide bonds. The lowest BCUT2D eigenvalue weighted by atomic mass is 10.1. The molecule has 0 fully saturated rings. The van der Waals surface area contributed by atoms with E-state index in [1.165, 1.54) is 24.5 Å². The van der Waals surface area contributed by atoms with Crippen molar-refractivity contribution in [1.82, 2.24) is 19.2 Å². The molecule has 1 N–H and O–H groups in total. The summed E-state index contributed by atoms with van der Waals surface area (Å²) in [6.07, 6.45) is 3.06. The standard InChI is InChI=1S/C24H31FN4O3S/c1-4-5-16-29-22-11-10-19(33(31,32)28(2)3)17-21(22)27-23(29)12-13-24(30)26-15-14-18-8-6-7-9-20(18)25/h6-11,17H,4-5,12-16H2,1-3H3,(H,26,30). The molecule has 33 heavy (non-hydrogen) atoms. The summed E-state index contributed by atoms with van der Waals surface area (Å²) < 4.78 is 41.9. The molecule has 0 bridgehead atoms. The number of aryl methyl sites for hydroxylation is 2. The lowest BCUT2D eigenvalue weighted by Gasteiger charge is -2.11. The number of amides is 1. The second kappa shape index (κ2) is 10.9. The van der Waals surface area contributed by atoms with Crippen molar-refractivity contribution in [2.24, 2.45) is 0 Å². The van der Waals surface area contributed by atoms with Crippen LogP contribution in [0, 0.1) is 5.82 Å². The lowest BCUT2D eigenvalue weighted by Crippen LogP contribution is -2.26. The van der Waals surface area contributed by atoms with Gasteiger partial charge in [-0.1, -0.05) is 31.5 Å². The summed E-state index contributed by atoms with van der Waals surface area (Å²) in [4.78, 5) is 17.2. The first kappa shape index (κ1) is 24.9. The van der Waals surface area contributed by atoms with E-state index in [9.17, 15) is 17.6 Å². The fourth-order valence-electron chi connectivity index (χ4n) is 3.64. The topological polar surface area (TPSA) is 84.3 Å². The number of carbonyl (C=O) groups is 1. The molecule has 0 saturated carbocycles. The van der Waals surface area contributed by atoms with Crippen molar-refractivity contribution < 1.29 is 17.6 Å². The number of nitrogens with zero attached hydrogens (tertiary/aromatic N) is 3. The normalized spacial score (nSPS) is 11.9. The Morgan fingerprint density at radius 3 is 2.61 bits per heavy atom. The van der Waals surface area contributed by atoms with Crippen molar-refractivity contribution in [3.8, 4) is 0 Å². The summed E-state index contributed by atoms with van der Waals surface area (Å²) in [5.41, 5.74) is 2.03. The first-order valence-electron chi connectivity index (χ1n) is 11.2. The third-order valence-electron chi connectivity index (χ3n) is 5.56. The summed E-state index contributed by atoms with van der Waals surface area (Å²) in [5.74, 6) is 0.352. The highest BCUT2D eigenvalue weighted by molar-refractivity contribution is 7.89. The molecule has 3 rings (SSSR count). The smallest absolute Gasteiger partial charge is 0.242 e. The number of nitrogens with one attached hydrogen (secondary N) is 1. The van der Waals surface area contributed by atoms with E-state index < -0.39 is 10.0 Å². The maximum absolute atomic E-state index is 13.7. The molecule has 0 atom stereocenters. The van der Waals surface area contributed by atoms with Gasteiger partial charge in [-0.15, -0.1) is 0 Å². The molecule has 3 aromatic rings. The van der Waals surface area contributed by atoms with Gasteiger partial charge >= 0.3 is 0 Å². The van der Waals surface area contributed by atoms with Gasteiger partial charge in [0.1, 0.15) is 11.6 Å². The molecule has 178 valence electrons. The maximum Gasteiger partial charge on any atom is 0.242 e. The predicted octanol–water partition coefficient (Wildman–Crippen LogP) is 3.52. The third-order valence-corrected chi connectivity index (χ3v) is 7.37. The fourth-order valence-corrected chi connectivity index (χ4v) is 4.56. The summed E-state index contributed by atoms with van der Waals surface area (Å²) in [6.45, 7) is 3.21. The van der Waals surface area contributed by atoms with Crippen molar-refractivity contribution in [1.29, 1.82) is 0 Å². The van der Waals surface area contributed by atoms with Gasteiger partial charge in [0.2, 0.25) is 15.9 Å². The van der Waals surface area contributed by atoms with Crippen LogP contribution < -0.4 is 5.32 Å². The second-order valence-corrected chi connectivity index (χ2v) is 10.3. The number of benzene rings is 2. The number of aromatic nitrogens is 2. The molecule has 0 unspecified atom stereocenters. The van der Waals surface area contributed by atoms with Gasteiger partial charge in [0, 0.05) is 40.0 Å². The Morgan fingerprint density at radius 2 is 1.91 bits per heavy atom. The van der Waals surface area contributed by atoms with E-state index in [0.29, 0.717) is 30.5 Å². The van der Waals surface area contributed by atoms with Crippen LogP contribution >= 0.6 is 0 Å². The Hall–Kier alpha value is -2.78. The zero-order valence-corrected chi connectivity index (χ0v) is 20.2. The Morgan fingerprint density at radius 1 is 1.15 bits per heavy atom. The predicted molar refractivity (Wildman–Crippen MR) is 127 cm³/mol. The van der Waals surface area contributed by atoms with Crippen molar-refractivity contribution in [2.45, 2.75) is 50.5 Å². The molecule has 1 heterocycles. The molecule has 0 spiro atoms. The SMILES string of the molecule is CCCCn1c(CCC(=O)NCCc2ccccc2F)nc2cc(S(=O)(=O)N(C)C)ccc21. The number of halogens is 1. The number of hydrogen-bond acceptors (Lipinski definition) is 4. The Balaban J connectivity index is 1.71. The molecule has 7 nitrogen and oxygen atoms in total. The van der Waals surface area contributed by atoms with Crippen LogP contribution in [0.25, 0.3) is 11.0 Å². The average Bonchev–Trinajstić information content (AvgIpc) is 3.14. The Bertz CT molecular complexity index is 1220. The maximum atomic E-state index is 13.7. The first-order chi connectivity index (χ1) is 15.7. The molecule has 9 heteroatoms. The lowest BCUT2D eigenvalue weighted by molar-refractivity contribution is -0.121. The van der Waals surface area contributed by atoms with E-state index in [2.05, 4.69) is 21.8 Å². The summed E-state index contributed by atoms with van der Waals surface area (Å²) in [5, 5.41) is 2.84. The van der Waals surface area contributed by atoms with Crippen LogP contribution in [0.1, 0.15) is 37.6 Å². The minimum absolute atomic E-state index is 0.128. The van der Waals surface area contributed by atoms with Gasteiger partial charge in [0.25, 0.3) is 0 Å². The molecule has 0 aliphatic rings. The molecule has 2 aromatic carbocycles. The number of fused-ring (bicyclic) bond motifs is 1. The van der Waals surface area contributed by atoms with E-state index >= 15 is 0 Å². The van der Waals surface area contributed by atoms with Crippen molar-refractivity contribution >= 4 is 27.0 Å². The largest absolute Gasteiger partial charge is 0.356 e. The molecule has 0 aliphatic carbocycles. The minimum atomic E-state index is -3.56. The summed E-state index contributed by atoms with van der Waals surface area (Å²) in [6, 6.07) is 11.5. The zero-order valence-electron chi connectivity index (χ0n) is 19.3. The van der Waals surface area contributed by atoms with Crippen LogP contribution in [0.15, 0.2) is 47.4 Å². The van der Waals surface area contributed by atoms with E-state index in [1.807, 2.05) is 0 Å². The molecule has 1 aromatic heterocycles.